The number of hydrogen-bond acceptors (Lipinski definition) is 6. The second kappa shape index (κ2) is 4.45. The van der Waals surface area contributed by atoms with Crippen molar-refractivity contribution in [3.8, 4) is 12.1 Å². The standard InChI is InChI=1S/C9H7N3O2S/c1-2-14-9(13)7-5(3-10)8(12)15-6(7)4-11/h2,12H2,1H3. The summed E-state index contributed by atoms with van der Waals surface area (Å²) >= 11 is 0.913. The molecule has 1 rings (SSSR count). The fourth-order valence-electron chi connectivity index (χ4n) is 1.04. The number of nitrogen functional groups attached to an aromatic ring is 1. The van der Waals surface area contributed by atoms with Gasteiger partial charge in [-0.05, 0) is 6.92 Å². The number of carbonyl (C=O) groups excluding carboxylic acids is 1. The highest BCUT2D eigenvalue weighted by Crippen LogP contribution is 2.30. The zero-order valence-corrected chi connectivity index (χ0v) is 8.72. The van der Waals surface area contributed by atoms with Crippen molar-refractivity contribution in [3.05, 3.63) is 16.0 Å². The maximum absolute atomic E-state index is 11.4. The normalized spacial score (nSPS) is 9.00. The zero-order chi connectivity index (χ0) is 11.4. The van der Waals surface area contributed by atoms with Crippen molar-refractivity contribution in [2.45, 2.75) is 6.92 Å². The molecule has 0 spiro atoms. The van der Waals surface area contributed by atoms with Gasteiger partial charge in [0.2, 0.25) is 0 Å². The molecule has 0 saturated carbocycles. The Morgan fingerprint density at radius 1 is 1.53 bits per heavy atom. The summed E-state index contributed by atoms with van der Waals surface area (Å²) in [4.78, 5) is 11.6. The number of thiophene rings is 1. The molecule has 0 unspecified atom stereocenters. The summed E-state index contributed by atoms with van der Waals surface area (Å²) in [5.74, 6) is -0.682. The lowest BCUT2D eigenvalue weighted by Crippen LogP contribution is -2.07. The molecule has 15 heavy (non-hydrogen) atoms. The van der Waals surface area contributed by atoms with Crippen molar-refractivity contribution in [2.75, 3.05) is 12.3 Å². The monoisotopic (exact) mass is 221 g/mol. The van der Waals surface area contributed by atoms with Crippen LogP contribution in [0.5, 0.6) is 0 Å². The summed E-state index contributed by atoms with van der Waals surface area (Å²) in [5.41, 5.74) is 5.50. The van der Waals surface area contributed by atoms with E-state index in [1.807, 2.05) is 6.07 Å². The van der Waals surface area contributed by atoms with Crippen LogP contribution in [0, 0.1) is 22.7 Å². The van der Waals surface area contributed by atoms with E-state index in [4.69, 9.17) is 21.0 Å². The number of anilines is 1. The summed E-state index contributed by atoms with van der Waals surface area (Å²) in [5, 5.41) is 17.7. The second-order valence-electron chi connectivity index (χ2n) is 2.49. The van der Waals surface area contributed by atoms with E-state index < -0.39 is 5.97 Å². The Balaban J connectivity index is 3.33. The maximum Gasteiger partial charge on any atom is 0.341 e. The van der Waals surface area contributed by atoms with Crippen molar-refractivity contribution in [3.63, 3.8) is 0 Å². The van der Waals surface area contributed by atoms with Gasteiger partial charge in [0.25, 0.3) is 0 Å². The van der Waals surface area contributed by atoms with Crippen LogP contribution < -0.4 is 5.73 Å². The van der Waals surface area contributed by atoms with Gasteiger partial charge < -0.3 is 10.5 Å². The molecule has 0 saturated heterocycles. The molecule has 0 fully saturated rings. The van der Waals surface area contributed by atoms with Crippen LogP contribution in [0.2, 0.25) is 0 Å². The van der Waals surface area contributed by atoms with Crippen molar-refractivity contribution >= 4 is 22.3 Å². The summed E-state index contributed by atoms with van der Waals surface area (Å²) in [6, 6.07) is 3.61. The van der Waals surface area contributed by atoms with Crippen LogP contribution in [0.15, 0.2) is 0 Å². The quantitative estimate of drug-likeness (QED) is 0.757. The van der Waals surface area contributed by atoms with Gasteiger partial charge in [0.15, 0.2) is 0 Å². The molecule has 0 aromatic carbocycles. The fraction of sp³-hybridized carbons (Fsp3) is 0.222. The van der Waals surface area contributed by atoms with Crippen LogP contribution in [0.1, 0.15) is 27.7 Å². The highest BCUT2D eigenvalue weighted by Gasteiger charge is 2.23. The van der Waals surface area contributed by atoms with Gasteiger partial charge in [-0.3, -0.25) is 0 Å². The molecule has 2 N–H and O–H groups in total. The third-order valence-electron chi connectivity index (χ3n) is 1.63. The molecule has 5 nitrogen and oxygen atoms in total. The number of rotatable bonds is 2. The summed E-state index contributed by atoms with van der Waals surface area (Å²) in [6.07, 6.45) is 0. The van der Waals surface area contributed by atoms with Gasteiger partial charge in [0.1, 0.15) is 33.1 Å². The zero-order valence-electron chi connectivity index (χ0n) is 7.90. The Labute approximate surface area is 90.3 Å². The highest BCUT2D eigenvalue weighted by atomic mass is 32.1. The molecule has 0 amide bonds. The Morgan fingerprint density at radius 3 is 2.67 bits per heavy atom. The molecule has 0 aliphatic rings. The van der Waals surface area contributed by atoms with Gasteiger partial charge in [-0.15, -0.1) is 11.3 Å². The van der Waals surface area contributed by atoms with Gasteiger partial charge in [-0.25, -0.2) is 4.79 Å². The molecule has 76 valence electrons. The smallest absolute Gasteiger partial charge is 0.341 e. The Bertz CT molecular complexity index is 479. The minimum atomic E-state index is -0.682. The predicted octanol–water partition coefficient (Wildman–Crippen LogP) is 1.25. The molecule has 0 atom stereocenters. The topological polar surface area (TPSA) is 99.9 Å². The molecule has 1 aromatic rings. The summed E-state index contributed by atoms with van der Waals surface area (Å²) < 4.78 is 4.74. The predicted molar refractivity (Wildman–Crippen MR) is 54.1 cm³/mol. The van der Waals surface area contributed by atoms with Crippen LogP contribution in [0.3, 0.4) is 0 Å². The van der Waals surface area contributed by atoms with Crippen molar-refractivity contribution in [1.82, 2.24) is 0 Å². The summed E-state index contributed by atoms with van der Waals surface area (Å²) in [7, 11) is 0. The summed E-state index contributed by atoms with van der Waals surface area (Å²) in [6.45, 7) is 1.83. The van der Waals surface area contributed by atoms with Gasteiger partial charge in [0, 0.05) is 0 Å². The fourth-order valence-corrected chi connectivity index (χ4v) is 1.84. The molecule has 6 heteroatoms. The van der Waals surface area contributed by atoms with E-state index in [0.717, 1.165) is 11.3 Å². The SMILES string of the molecule is CCOC(=O)c1c(C#N)sc(N)c1C#N. The van der Waals surface area contributed by atoms with E-state index in [1.54, 1.807) is 13.0 Å². The van der Waals surface area contributed by atoms with E-state index in [0.29, 0.717) is 0 Å². The number of ether oxygens (including phenoxy) is 1. The molecular formula is C9H7N3O2S. The molecule has 0 aliphatic heterocycles. The molecule has 1 aromatic heterocycles. The number of carbonyl (C=O) groups is 1. The molecule has 0 radical (unpaired) electrons. The third kappa shape index (κ3) is 1.90. The van der Waals surface area contributed by atoms with Gasteiger partial charge in [-0.2, -0.15) is 10.5 Å². The Kier molecular flexibility index (Phi) is 3.27. The van der Waals surface area contributed by atoms with Gasteiger partial charge in [-0.1, -0.05) is 0 Å². The van der Waals surface area contributed by atoms with Crippen LogP contribution in [-0.2, 0) is 4.74 Å². The van der Waals surface area contributed by atoms with Gasteiger partial charge >= 0.3 is 5.97 Å². The van der Waals surface area contributed by atoms with Crippen LogP contribution in [0.4, 0.5) is 5.00 Å². The van der Waals surface area contributed by atoms with Crippen molar-refractivity contribution in [1.29, 1.82) is 10.5 Å². The Hall–Kier alpha value is -2.05. The molecule has 1 heterocycles. The minimum absolute atomic E-state index is 0.0231. The number of esters is 1. The molecule has 0 aliphatic carbocycles. The third-order valence-corrected chi connectivity index (χ3v) is 2.55. The van der Waals surface area contributed by atoms with E-state index in [9.17, 15) is 4.79 Å². The van der Waals surface area contributed by atoms with E-state index in [1.165, 1.54) is 0 Å². The van der Waals surface area contributed by atoms with E-state index in [-0.39, 0.29) is 27.6 Å². The van der Waals surface area contributed by atoms with Crippen LogP contribution in [0.25, 0.3) is 0 Å². The first-order valence-electron chi connectivity index (χ1n) is 4.05. The van der Waals surface area contributed by atoms with Crippen LogP contribution in [-0.4, -0.2) is 12.6 Å². The number of nitriles is 2. The first kappa shape index (κ1) is 11.0. The molecule has 0 bridgehead atoms. The van der Waals surface area contributed by atoms with E-state index >= 15 is 0 Å². The van der Waals surface area contributed by atoms with Crippen LogP contribution >= 0.6 is 11.3 Å². The second-order valence-corrected chi connectivity index (χ2v) is 3.54. The minimum Gasteiger partial charge on any atom is -0.462 e. The number of nitrogens with two attached hydrogens (primary N) is 1. The first-order valence-corrected chi connectivity index (χ1v) is 4.86. The van der Waals surface area contributed by atoms with E-state index in [2.05, 4.69) is 0 Å². The average molecular weight is 221 g/mol. The van der Waals surface area contributed by atoms with Gasteiger partial charge in [0.05, 0.1) is 6.61 Å². The lowest BCUT2D eigenvalue weighted by Gasteiger charge is -1.99. The Morgan fingerprint density at radius 2 is 2.20 bits per heavy atom. The molecular weight excluding hydrogens is 214 g/mol. The highest BCUT2D eigenvalue weighted by molar-refractivity contribution is 7.17. The average Bonchev–Trinajstić information content (AvgIpc) is 2.54. The number of nitrogens with zero attached hydrogens (tertiary/aromatic N) is 2. The number of hydrogen-bond donors (Lipinski definition) is 1. The first-order chi connectivity index (χ1) is 7.15. The van der Waals surface area contributed by atoms with Crippen molar-refractivity contribution < 1.29 is 9.53 Å². The largest absolute Gasteiger partial charge is 0.462 e. The maximum atomic E-state index is 11.4. The van der Waals surface area contributed by atoms with Crippen molar-refractivity contribution in [2.24, 2.45) is 0 Å². The lowest BCUT2D eigenvalue weighted by molar-refractivity contribution is 0.0526. The lowest BCUT2D eigenvalue weighted by atomic mass is 10.1.